The molecular weight excluding hydrogens is 382 g/mol. The number of ether oxygens (including phenoxy) is 1. The largest absolute Gasteiger partial charge is 0.462 e. The average molecular weight is 408 g/mol. The molecule has 150 valence electrons. The molecule has 0 aliphatic carbocycles. The van der Waals surface area contributed by atoms with Crippen LogP contribution in [-0.4, -0.2) is 18.5 Å². The van der Waals surface area contributed by atoms with Gasteiger partial charge >= 0.3 is 5.97 Å². The van der Waals surface area contributed by atoms with Gasteiger partial charge in [-0.2, -0.15) is 0 Å². The molecule has 1 amide bonds. The molecule has 0 saturated carbocycles. The van der Waals surface area contributed by atoms with Crippen LogP contribution in [0.3, 0.4) is 0 Å². The van der Waals surface area contributed by atoms with Gasteiger partial charge in [0.2, 0.25) is 5.91 Å². The van der Waals surface area contributed by atoms with Crippen molar-refractivity contribution < 1.29 is 14.3 Å². The number of amides is 1. The van der Waals surface area contributed by atoms with Gasteiger partial charge in [-0.1, -0.05) is 67.6 Å². The second kappa shape index (κ2) is 10.0. The second-order valence-corrected chi connectivity index (χ2v) is 7.86. The van der Waals surface area contributed by atoms with E-state index in [1.807, 2.05) is 54.6 Å². The molecule has 1 unspecified atom stereocenters. The molecule has 0 saturated heterocycles. The van der Waals surface area contributed by atoms with Gasteiger partial charge in [-0.3, -0.25) is 4.79 Å². The number of esters is 1. The summed E-state index contributed by atoms with van der Waals surface area (Å²) in [6.45, 7) is 4.16. The number of rotatable bonds is 8. The maximum absolute atomic E-state index is 12.5. The summed E-state index contributed by atoms with van der Waals surface area (Å²) in [5.41, 5.74) is 2.69. The lowest BCUT2D eigenvalue weighted by Gasteiger charge is -2.09. The summed E-state index contributed by atoms with van der Waals surface area (Å²) in [6, 6.07) is 21.8. The van der Waals surface area contributed by atoms with E-state index in [1.165, 1.54) is 11.3 Å². The smallest absolute Gasteiger partial charge is 0.341 e. The number of hydrogen-bond donors (Lipinski definition) is 1. The Morgan fingerprint density at radius 1 is 1.03 bits per heavy atom. The number of hydrogen-bond acceptors (Lipinski definition) is 4. The fraction of sp³-hybridized carbons (Fsp3) is 0.250. The van der Waals surface area contributed by atoms with E-state index in [1.54, 1.807) is 6.92 Å². The second-order valence-electron chi connectivity index (χ2n) is 6.78. The molecule has 0 aliphatic heterocycles. The molecule has 1 aromatic heterocycles. The van der Waals surface area contributed by atoms with E-state index in [0.717, 1.165) is 16.0 Å². The third-order valence-electron chi connectivity index (χ3n) is 4.71. The quantitative estimate of drug-likeness (QED) is 0.491. The molecular formula is C24H25NO3S. The standard InChI is InChI=1S/C24H25NO3S/c1-3-28-24(27)20-16-21(17(2)19-12-8-5-9-13-19)29-23(20)25-22(26)15-14-18-10-6-4-7-11-18/h4-13,16-17H,3,14-15H2,1-2H3,(H,25,26). The normalized spacial score (nSPS) is 11.7. The van der Waals surface area contributed by atoms with E-state index < -0.39 is 5.97 Å². The Morgan fingerprint density at radius 3 is 2.34 bits per heavy atom. The third-order valence-corrected chi connectivity index (χ3v) is 5.94. The molecule has 1 N–H and O–H groups in total. The van der Waals surface area contributed by atoms with Crippen molar-refractivity contribution in [1.82, 2.24) is 0 Å². The van der Waals surface area contributed by atoms with E-state index in [-0.39, 0.29) is 11.8 Å². The lowest BCUT2D eigenvalue weighted by atomic mass is 9.99. The summed E-state index contributed by atoms with van der Waals surface area (Å²) in [5, 5.41) is 3.48. The van der Waals surface area contributed by atoms with Gasteiger partial charge in [0.1, 0.15) is 5.00 Å². The van der Waals surface area contributed by atoms with Crippen LogP contribution in [0.15, 0.2) is 66.7 Å². The van der Waals surface area contributed by atoms with Crippen LogP contribution >= 0.6 is 11.3 Å². The molecule has 0 radical (unpaired) electrons. The Labute approximate surface area is 175 Å². The number of benzene rings is 2. The van der Waals surface area contributed by atoms with Crippen LogP contribution in [0.4, 0.5) is 5.00 Å². The lowest BCUT2D eigenvalue weighted by molar-refractivity contribution is -0.116. The van der Waals surface area contributed by atoms with Gasteiger partial charge in [0.05, 0.1) is 12.2 Å². The summed E-state index contributed by atoms with van der Waals surface area (Å²) in [5.74, 6) is -0.405. The van der Waals surface area contributed by atoms with E-state index in [4.69, 9.17) is 4.74 Å². The first-order valence-electron chi connectivity index (χ1n) is 9.78. The molecule has 0 bridgehead atoms. The molecule has 0 fully saturated rings. The van der Waals surface area contributed by atoms with Crippen molar-refractivity contribution in [1.29, 1.82) is 0 Å². The molecule has 5 heteroatoms. The molecule has 29 heavy (non-hydrogen) atoms. The van der Waals surface area contributed by atoms with Gasteiger partial charge in [-0.05, 0) is 30.5 Å². The van der Waals surface area contributed by atoms with Gasteiger partial charge in [-0.25, -0.2) is 4.79 Å². The van der Waals surface area contributed by atoms with Crippen LogP contribution < -0.4 is 5.32 Å². The fourth-order valence-corrected chi connectivity index (χ4v) is 4.22. The van der Waals surface area contributed by atoms with Crippen LogP contribution in [0.2, 0.25) is 0 Å². The van der Waals surface area contributed by atoms with Crippen molar-refractivity contribution >= 4 is 28.2 Å². The third kappa shape index (κ3) is 5.55. The zero-order valence-electron chi connectivity index (χ0n) is 16.7. The minimum Gasteiger partial charge on any atom is -0.462 e. The lowest BCUT2D eigenvalue weighted by Crippen LogP contribution is -2.14. The summed E-state index contributed by atoms with van der Waals surface area (Å²) in [7, 11) is 0. The van der Waals surface area contributed by atoms with E-state index in [9.17, 15) is 9.59 Å². The van der Waals surface area contributed by atoms with Gasteiger partial charge < -0.3 is 10.1 Å². The number of nitrogens with one attached hydrogen (secondary N) is 1. The number of thiophene rings is 1. The molecule has 1 atom stereocenters. The summed E-state index contributed by atoms with van der Waals surface area (Å²) in [4.78, 5) is 26.0. The molecule has 3 rings (SSSR count). The van der Waals surface area contributed by atoms with Crippen LogP contribution in [0, 0.1) is 0 Å². The van der Waals surface area contributed by atoms with E-state index in [2.05, 4.69) is 24.4 Å². The maximum atomic E-state index is 12.5. The monoisotopic (exact) mass is 407 g/mol. The van der Waals surface area contributed by atoms with Crippen LogP contribution in [-0.2, 0) is 16.0 Å². The van der Waals surface area contributed by atoms with Gasteiger partial charge in [-0.15, -0.1) is 11.3 Å². The summed E-state index contributed by atoms with van der Waals surface area (Å²) >= 11 is 1.43. The predicted octanol–water partition coefficient (Wildman–Crippen LogP) is 5.65. The Morgan fingerprint density at radius 2 is 1.69 bits per heavy atom. The Bertz CT molecular complexity index is 951. The Balaban J connectivity index is 1.77. The predicted molar refractivity (Wildman–Crippen MR) is 118 cm³/mol. The first kappa shape index (κ1) is 20.8. The van der Waals surface area contributed by atoms with Crippen molar-refractivity contribution in [3.05, 3.63) is 88.3 Å². The van der Waals surface area contributed by atoms with Crippen LogP contribution in [0.25, 0.3) is 0 Å². The first-order chi connectivity index (χ1) is 14.1. The molecule has 4 nitrogen and oxygen atoms in total. The topological polar surface area (TPSA) is 55.4 Å². The van der Waals surface area contributed by atoms with Gasteiger partial charge in [0.25, 0.3) is 0 Å². The average Bonchev–Trinajstić information content (AvgIpc) is 3.17. The zero-order valence-corrected chi connectivity index (χ0v) is 17.5. The molecule has 0 spiro atoms. The molecule has 1 heterocycles. The Kier molecular flexibility index (Phi) is 7.19. The summed E-state index contributed by atoms with van der Waals surface area (Å²) < 4.78 is 5.19. The van der Waals surface area contributed by atoms with Crippen molar-refractivity contribution in [3.63, 3.8) is 0 Å². The number of aryl methyl sites for hydroxylation is 1. The van der Waals surface area contributed by atoms with Crippen molar-refractivity contribution in [3.8, 4) is 0 Å². The highest BCUT2D eigenvalue weighted by Crippen LogP contribution is 2.36. The Hall–Kier alpha value is -2.92. The van der Waals surface area contributed by atoms with Crippen molar-refractivity contribution in [2.24, 2.45) is 0 Å². The number of carbonyl (C=O) groups excluding carboxylic acids is 2. The molecule has 2 aromatic carbocycles. The number of anilines is 1. The first-order valence-corrected chi connectivity index (χ1v) is 10.6. The SMILES string of the molecule is CCOC(=O)c1cc(C(C)c2ccccc2)sc1NC(=O)CCc1ccccc1. The van der Waals surface area contributed by atoms with Gasteiger partial charge in [0.15, 0.2) is 0 Å². The maximum Gasteiger partial charge on any atom is 0.341 e. The highest BCUT2D eigenvalue weighted by Gasteiger charge is 2.22. The van der Waals surface area contributed by atoms with Crippen molar-refractivity contribution in [2.75, 3.05) is 11.9 Å². The van der Waals surface area contributed by atoms with E-state index >= 15 is 0 Å². The number of carbonyl (C=O) groups is 2. The molecule has 3 aromatic rings. The highest BCUT2D eigenvalue weighted by molar-refractivity contribution is 7.16. The van der Waals surface area contributed by atoms with Crippen LogP contribution in [0.1, 0.15) is 52.5 Å². The summed E-state index contributed by atoms with van der Waals surface area (Å²) in [6.07, 6.45) is 1.01. The fourth-order valence-electron chi connectivity index (χ4n) is 3.07. The zero-order chi connectivity index (χ0) is 20.6. The molecule has 0 aliphatic rings. The minimum atomic E-state index is -0.409. The van der Waals surface area contributed by atoms with Gasteiger partial charge in [0, 0.05) is 17.2 Å². The van der Waals surface area contributed by atoms with Crippen molar-refractivity contribution in [2.45, 2.75) is 32.6 Å². The minimum absolute atomic E-state index is 0.111. The van der Waals surface area contributed by atoms with E-state index in [0.29, 0.717) is 30.0 Å². The highest BCUT2D eigenvalue weighted by atomic mass is 32.1. The van der Waals surface area contributed by atoms with Crippen LogP contribution in [0.5, 0.6) is 0 Å².